The number of nitrogens with zero attached hydrogens (tertiary/aromatic N) is 2. The average Bonchev–Trinajstić information content (AvgIpc) is 3.27. The SMILES string of the molecule is N=C(N)c1cc2ccc(OCc3noc(-c4ccccc4)n3)cc2s1. The lowest BCUT2D eigenvalue weighted by atomic mass is 10.2. The fourth-order valence-electron chi connectivity index (χ4n) is 2.39. The van der Waals surface area contributed by atoms with Gasteiger partial charge in [0.25, 0.3) is 5.89 Å². The highest BCUT2D eigenvalue weighted by atomic mass is 32.1. The molecule has 0 aliphatic heterocycles. The van der Waals surface area contributed by atoms with Crippen LogP contribution in [0.2, 0.25) is 0 Å². The van der Waals surface area contributed by atoms with E-state index in [0.29, 0.717) is 17.5 Å². The van der Waals surface area contributed by atoms with E-state index in [-0.39, 0.29) is 12.4 Å². The van der Waals surface area contributed by atoms with Gasteiger partial charge in [-0.2, -0.15) is 4.98 Å². The molecule has 6 nitrogen and oxygen atoms in total. The number of rotatable bonds is 5. The van der Waals surface area contributed by atoms with E-state index in [1.807, 2.05) is 54.6 Å². The number of thiophene rings is 1. The Hall–Kier alpha value is -3.19. The maximum Gasteiger partial charge on any atom is 0.258 e. The molecule has 0 bridgehead atoms. The zero-order valence-electron chi connectivity index (χ0n) is 13.1. The lowest BCUT2D eigenvalue weighted by molar-refractivity contribution is 0.287. The van der Waals surface area contributed by atoms with Crippen molar-refractivity contribution in [2.75, 3.05) is 0 Å². The van der Waals surface area contributed by atoms with Gasteiger partial charge in [0, 0.05) is 10.3 Å². The highest BCUT2D eigenvalue weighted by Crippen LogP contribution is 2.29. The predicted molar refractivity (Wildman–Crippen MR) is 96.9 cm³/mol. The Morgan fingerprint density at radius 2 is 2.00 bits per heavy atom. The summed E-state index contributed by atoms with van der Waals surface area (Å²) in [5.74, 6) is 1.73. The number of nitrogen functional groups attached to an aromatic ring is 1. The minimum absolute atomic E-state index is 0.0731. The maximum absolute atomic E-state index is 7.52. The van der Waals surface area contributed by atoms with E-state index in [9.17, 15) is 0 Å². The van der Waals surface area contributed by atoms with Crippen molar-refractivity contribution in [2.24, 2.45) is 5.73 Å². The van der Waals surface area contributed by atoms with Gasteiger partial charge in [-0.05, 0) is 41.8 Å². The van der Waals surface area contributed by atoms with E-state index >= 15 is 0 Å². The van der Waals surface area contributed by atoms with Gasteiger partial charge in [-0.15, -0.1) is 11.3 Å². The molecular weight excluding hydrogens is 336 g/mol. The smallest absolute Gasteiger partial charge is 0.258 e. The van der Waals surface area contributed by atoms with Gasteiger partial charge in [0.1, 0.15) is 11.6 Å². The molecule has 25 heavy (non-hydrogen) atoms. The first-order valence-corrected chi connectivity index (χ1v) is 8.39. The van der Waals surface area contributed by atoms with Gasteiger partial charge in [-0.25, -0.2) is 0 Å². The fraction of sp³-hybridized carbons (Fsp3) is 0.0556. The molecule has 4 aromatic rings. The molecule has 0 radical (unpaired) electrons. The Morgan fingerprint density at radius 1 is 1.16 bits per heavy atom. The molecule has 124 valence electrons. The number of ether oxygens (including phenoxy) is 1. The summed E-state index contributed by atoms with van der Waals surface area (Å²) < 4.78 is 12.0. The molecule has 0 unspecified atom stereocenters. The quantitative estimate of drug-likeness (QED) is 0.421. The van der Waals surface area contributed by atoms with Crippen LogP contribution in [0.25, 0.3) is 21.5 Å². The molecule has 0 spiro atoms. The van der Waals surface area contributed by atoms with E-state index in [2.05, 4.69) is 10.1 Å². The third kappa shape index (κ3) is 3.22. The van der Waals surface area contributed by atoms with Crippen LogP contribution < -0.4 is 10.5 Å². The molecule has 0 aliphatic carbocycles. The number of aromatic nitrogens is 2. The lowest BCUT2D eigenvalue weighted by Gasteiger charge is -2.02. The van der Waals surface area contributed by atoms with Gasteiger partial charge in [0.05, 0.1) is 4.88 Å². The Morgan fingerprint density at radius 3 is 2.80 bits per heavy atom. The highest BCUT2D eigenvalue weighted by molar-refractivity contribution is 7.20. The first-order chi connectivity index (χ1) is 12.2. The maximum atomic E-state index is 7.52. The van der Waals surface area contributed by atoms with Crippen molar-refractivity contribution >= 4 is 27.3 Å². The van der Waals surface area contributed by atoms with Crippen molar-refractivity contribution in [1.29, 1.82) is 5.41 Å². The van der Waals surface area contributed by atoms with Crippen LogP contribution in [0, 0.1) is 5.41 Å². The van der Waals surface area contributed by atoms with Crippen LogP contribution in [0.4, 0.5) is 0 Å². The third-order valence-electron chi connectivity index (χ3n) is 3.61. The number of nitrogens with two attached hydrogens (primary N) is 1. The first kappa shape index (κ1) is 15.3. The molecule has 3 N–H and O–H groups in total. The van der Waals surface area contributed by atoms with Gasteiger partial charge in [0.15, 0.2) is 6.61 Å². The summed E-state index contributed by atoms with van der Waals surface area (Å²) in [4.78, 5) is 5.09. The molecular formula is C18H14N4O2S. The van der Waals surface area contributed by atoms with Crippen molar-refractivity contribution in [3.8, 4) is 17.2 Å². The number of amidine groups is 1. The zero-order valence-corrected chi connectivity index (χ0v) is 13.9. The van der Waals surface area contributed by atoms with E-state index in [1.165, 1.54) is 11.3 Å². The van der Waals surface area contributed by atoms with Crippen LogP contribution >= 0.6 is 11.3 Å². The van der Waals surface area contributed by atoms with Crippen LogP contribution in [0.5, 0.6) is 5.75 Å². The fourth-order valence-corrected chi connectivity index (χ4v) is 3.35. The summed E-state index contributed by atoms with van der Waals surface area (Å²) in [5, 5.41) is 12.5. The summed E-state index contributed by atoms with van der Waals surface area (Å²) in [5.41, 5.74) is 6.41. The second kappa shape index (κ2) is 6.37. The van der Waals surface area contributed by atoms with Crippen LogP contribution in [0.1, 0.15) is 10.7 Å². The summed E-state index contributed by atoms with van der Waals surface area (Å²) >= 11 is 1.46. The largest absolute Gasteiger partial charge is 0.485 e. The Kier molecular flexibility index (Phi) is 3.91. The van der Waals surface area contributed by atoms with Gasteiger partial charge < -0.3 is 15.0 Å². The van der Waals surface area contributed by atoms with Crippen molar-refractivity contribution in [1.82, 2.24) is 10.1 Å². The number of nitrogens with one attached hydrogen (secondary N) is 1. The van der Waals surface area contributed by atoms with Crippen molar-refractivity contribution in [2.45, 2.75) is 6.61 Å². The second-order valence-electron chi connectivity index (χ2n) is 5.39. The standard InChI is InChI=1S/C18H14N4O2S/c19-17(20)15-8-12-6-7-13(9-14(12)25-15)23-10-16-21-18(24-22-16)11-4-2-1-3-5-11/h1-9H,10H2,(H3,19,20). The molecule has 0 amide bonds. The van der Waals surface area contributed by atoms with E-state index in [4.69, 9.17) is 20.4 Å². The van der Waals surface area contributed by atoms with Gasteiger partial charge in [-0.3, -0.25) is 5.41 Å². The van der Waals surface area contributed by atoms with Crippen LogP contribution in [-0.2, 0) is 6.61 Å². The summed E-state index contributed by atoms with van der Waals surface area (Å²) in [6, 6.07) is 17.2. The predicted octanol–water partition coefficient (Wildman–Crippen LogP) is 3.81. The van der Waals surface area contributed by atoms with E-state index in [0.717, 1.165) is 20.5 Å². The topological polar surface area (TPSA) is 98.0 Å². The molecule has 0 fully saturated rings. The average molecular weight is 350 g/mol. The van der Waals surface area contributed by atoms with Gasteiger partial charge >= 0.3 is 0 Å². The molecule has 0 atom stereocenters. The van der Waals surface area contributed by atoms with Crippen LogP contribution in [-0.4, -0.2) is 16.0 Å². The zero-order chi connectivity index (χ0) is 17.2. The number of fused-ring (bicyclic) bond motifs is 1. The van der Waals surface area contributed by atoms with Crippen LogP contribution in [0.3, 0.4) is 0 Å². The molecule has 2 heterocycles. The van der Waals surface area contributed by atoms with Crippen molar-refractivity contribution in [3.05, 3.63) is 65.3 Å². The normalized spacial score (nSPS) is 10.9. The van der Waals surface area contributed by atoms with E-state index < -0.39 is 0 Å². The lowest BCUT2D eigenvalue weighted by Crippen LogP contribution is -2.08. The molecule has 0 saturated heterocycles. The summed E-state index contributed by atoms with van der Waals surface area (Å²) in [6.45, 7) is 0.215. The molecule has 2 aromatic heterocycles. The summed E-state index contributed by atoms with van der Waals surface area (Å²) in [6.07, 6.45) is 0. The third-order valence-corrected chi connectivity index (χ3v) is 4.74. The van der Waals surface area contributed by atoms with Crippen molar-refractivity contribution in [3.63, 3.8) is 0 Å². The molecule has 4 rings (SSSR count). The van der Waals surface area contributed by atoms with Crippen molar-refractivity contribution < 1.29 is 9.26 Å². The Balaban J connectivity index is 1.49. The summed E-state index contributed by atoms with van der Waals surface area (Å²) in [7, 11) is 0. The highest BCUT2D eigenvalue weighted by Gasteiger charge is 2.10. The van der Waals surface area contributed by atoms with E-state index in [1.54, 1.807) is 0 Å². The number of hydrogen-bond donors (Lipinski definition) is 2. The minimum atomic E-state index is 0.0731. The monoisotopic (exact) mass is 350 g/mol. The number of hydrogen-bond acceptors (Lipinski definition) is 6. The Bertz CT molecular complexity index is 1040. The molecule has 0 saturated carbocycles. The molecule has 0 aliphatic rings. The first-order valence-electron chi connectivity index (χ1n) is 7.58. The number of benzene rings is 2. The second-order valence-corrected chi connectivity index (χ2v) is 6.48. The van der Waals surface area contributed by atoms with Gasteiger partial charge in [0.2, 0.25) is 5.82 Å². The Labute approximate surface area is 147 Å². The van der Waals surface area contributed by atoms with Crippen LogP contribution in [0.15, 0.2) is 59.1 Å². The molecule has 7 heteroatoms. The van der Waals surface area contributed by atoms with Gasteiger partial charge in [-0.1, -0.05) is 23.4 Å². The molecule has 2 aromatic carbocycles. The minimum Gasteiger partial charge on any atom is -0.485 e.